The number of carbonyl (C=O) groups is 1. The summed E-state index contributed by atoms with van der Waals surface area (Å²) in [5.74, 6) is -1.24. The summed E-state index contributed by atoms with van der Waals surface area (Å²) < 4.78 is 17.8. The Labute approximate surface area is 155 Å². The second-order valence-electron chi connectivity index (χ2n) is 7.99. The number of carboxylic acid groups (broad SMARTS) is 1. The summed E-state index contributed by atoms with van der Waals surface area (Å²) in [5.41, 5.74) is 0.997. The molecule has 0 amide bonds. The maximum atomic E-state index is 11.6. The molecule has 6 nitrogen and oxygen atoms in total. The van der Waals surface area contributed by atoms with Crippen molar-refractivity contribution in [2.24, 2.45) is 0 Å². The maximum absolute atomic E-state index is 11.6. The summed E-state index contributed by atoms with van der Waals surface area (Å²) in [6.07, 6.45) is -0.0435. The number of aliphatic carboxylic acids is 1. The van der Waals surface area contributed by atoms with E-state index in [0.717, 1.165) is 24.3 Å². The molecule has 26 heavy (non-hydrogen) atoms. The van der Waals surface area contributed by atoms with Gasteiger partial charge in [-0.1, -0.05) is 18.2 Å². The number of ether oxygens (including phenoxy) is 1. The van der Waals surface area contributed by atoms with E-state index >= 15 is 0 Å². The van der Waals surface area contributed by atoms with Crippen LogP contribution in [0.25, 0.3) is 0 Å². The highest BCUT2D eigenvalue weighted by atomic mass is 16.7. The zero-order valence-electron chi connectivity index (χ0n) is 16.0. The van der Waals surface area contributed by atoms with E-state index in [1.54, 1.807) is 0 Å². The van der Waals surface area contributed by atoms with E-state index in [9.17, 15) is 9.90 Å². The van der Waals surface area contributed by atoms with Crippen LogP contribution < -0.4 is 4.90 Å². The van der Waals surface area contributed by atoms with Gasteiger partial charge in [0.25, 0.3) is 0 Å². The minimum atomic E-state index is -0.860. The van der Waals surface area contributed by atoms with Crippen molar-refractivity contribution in [1.29, 1.82) is 0 Å². The lowest BCUT2D eigenvalue weighted by atomic mass is 9.65. The van der Waals surface area contributed by atoms with Crippen LogP contribution >= 0.6 is 0 Å². The lowest BCUT2D eigenvalue weighted by molar-refractivity contribution is -0.137. The molecule has 1 unspecified atom stereocenters. The molecular formula is C19H28BNO5. The molecule has 3 rings (SSSR count). The quantitative estimate of drug-likeness (QED) is 0.814. The van der Waals surface area contributed by atoms with Gasteiger partial charge in [-0.05, 0) is 39.3 Å². The van der Waals surface area contributed by atoms with Gasteiger partial charge in [0.1, 0.15) is 0 Å². The number of benzene rings is 1. The van der Waals surface area contributed by atoms with E-state index in [0.29, 0.717) is 13.2 Å². The average Bonchev–Trinajstić information content (AvgIpc) is 2.81. The van der Waals surface area contributed by atoms with E-state index in [4.69, 9.17) is 14.0 Å². The molecule has 2 aliphatic rings. The van der Waals surface area contributed by atoms with E-state index in [2.05, 4.69) is 4.90 Å². The summed E-state index contributed by atoms with van der Waals surface area (Å²) in [4.78, 5) is 13.9. The molecule has 2 heterocycles. The minimum absolute atomic E-state index is 0.0435. The number of para-hydroxylation sites is 1. The minimum Gasteiger partial charge on any atom is -0.481 e. The standard InChI is InChI=1S/C19H28BNO5/c1-18(2)19(3,4)26-20(25-18)15(13-17(22)23)14-7-5-6-8-16(14)21-9-11-24-12-10-21/h5-8,15H,9-13H2,1-4H3,(H,22,23). The Morgan fingerprint density at radius 2 is 1.73 bits per heavy atom. The highest BCUT2D eigenvalue weighted by Crippen LogP contribution is 2.43. The van der Waals surface area contributed by atoms with Crippen LogP contribution in [0.15, 0.2) is 24.3 Å². The van der Waals surface area contributed by atoms with Crippen LogP contribution in [0.3, 0.4) is 0 Å². The van der Waals surface area contributed by atoms with Crippen LogP contribution in [0.5, 0.6) is 0 Å². The molecule has 2 fully saturated rings. The number of anilines is 1. The average molecular weight is 361 g/mol. The lowest BCUT2D eigenvalue weighted by Crippen LogP contribution is -2.41. The number of hydrogen-bond acceptors (Lipinski definition) is 5. The molecule has 1 N–H and O–H groups in total. The summed E-state index contributed by atoms with van der Waals surface area (Å²) in [5, 5.41) is 9.52. The van der Waals surface area contributed by atoms with Gasteiger partial charge in [-0.3, -0.25) is 4.79 Å². The van der Waals surface area contributed by atoms with Crippen LogP contribution in [-0.4, -0.2) is 55.7 Å². The summed E-state index contributed by atoms with van der Waals surface area (Å²) in [6, 6.07) is 7.96. The SMILES string of the molecule is CC1(C)OB(C(CC(=O)O)c2ccccc2N2CCOCC2)OC1(C)C. The third-order valence-electron chi connectivity index (χ3n) is 5.68. The van der Waals surface area contributed by atoms with Gasteiger partial charge >= 0.3 is 13.1 Å². The van der Waals surface area contributed by atoms with Crippen molar-refractivity contribution in [2.75, 3.05) is 31.2 Å². The number of nitrogens with zero attached hydrogens (tertiary/aromatic N) is 1. The van der Waals surface area contributed by atoms with Crippen molar-refractivity contribution in [3.8, 4) is 0 Å². The second-order valence-corrected chi connectivity index (χ2v) is 7.99. The predicted molar refractivity (Wildman–Crippen MR) is 101 cm³/mol. The molecule has 0 aliphatic carbocycles. The zero-order valence-corrected chi connectivity index (χ0v) is 16.0. The van der Waals surface area contributed by atoms with Gasteiger partial charge in [0.15, 0.2) is 0 Å². The van der Waals surface area contributed by atoms with Crippen molar-refractivity contribution in [3.63, 3.8) is 0 Å². The molecule has 1 aromatic rings. The monoisotopic (exact) mass is 361 g/mol. The van der Waals surface area contributed by atoms with Crippen molar-refractivity contribution in [3.05, 3.63) is 29.8 Å². The fraction of sp³-hybridized carbons (Fsp3) is 0.632. The summed E-state index contributed by atoms with van der Waals surface area (Å²) >= 11 is 0. The third kappa shape index (κ3) is 3.75. The molecule has 1 atom stereocenters. The Kier molecular flexibility index (Phi) is 5.33. The van der Waals surface area contributed by atoms with Gasteiger partial charge in [0.2, 0.25) is 0 Å². The molecule has 0 bridgehead atoms. The molecule has 0 spiro atoms. The molecular weight excluding hydrogens is 333 g/mol. The first-order valence-corrected chi connectivity index (χ1v) is 9.20. The van der Waals surface area contributed by atoms with Crippen molar-refractivity contribution in [2.45, 2.75) is 51.1 Å². The predicted octanol–water partition coefficient (Wildman–Crippen LogP) is 2.71. The number of morpholine rings is 1. The molecule has 142 valence electrons. The van der Waals surface area contributed by atoms with Crippen LogP contribution in [0.1, 0.15) is 45.5 Å². The Morgan fingerprint density at radius 3 is 2.31 bits per heavy atom. The Bertz CT molecular complexity index is 641. The van der Waals surface area contributed by atoms with Crippen LogP contribution in [0.4, 0.5) is 5.69 Å². The number of rotatable bonds is 5. The van der Waals surface area contributed by atoms with Crippen molar-refractivity contribution >= 4 is 18.8 Å². The van der Waals surface area contributed by atoms with E-state index in [1.807, 2.05) is 52.0 Å². The first-order chi connectivity index (χ1) is 12.2. The fourth-order valence-corrected chi connectivity index (χ4v) is 3.49. The number of hydrogen-bond donors (Lipinski definition) is 1. The molecule has 2 saturated heterocycles. The van der Waals surface area contributed by atoms with Crippen molar-refractivity contribution < 1.29 is 23.9 Å². The first-order valence-electron chi connectivity index (χ1n) is 9.20. The van der Waals surface area contributed by atoms with E-state index < -0.39 is 24.3 Å². The van der Waals surface area contributed by atoms with Gasteiger partial charge < -0.3 is 24.1 Å². The lowest BCUT2D eigenvalue weighted by Gasteiger charge is -2.32. The summed E-state index contributed by atoms with van der Waals surface area (Å²) in [6.45, 7) is 10.9. The number of carboxylic acids is 1. The van der Waals surface area contributed by atoms with Gasteiger partial charge in [0, 0.05) is 24.6 Å². The highest BCUT2D eigenvalue weighted by molar-refractivity contribution is 6.48. The zero-order chi connectivity index (χ0) is 18.9. The normalized spacial score (nSPS) is 23.1. The summed E-state index contributed by atoms with van der Waals surface area (Å²) in [7, 11) is -0.599. The molecule has 0 radical (unpaired) electrons. The smallest absolute Gasteiger partial charge is 0.466 e. The maximum Gasteiger partial charge on any atom is 0.466 e. The van der Waals surface area contributed by atoms with E-state index in [1.165, 1.54) is 0 Å². The second kappa shape index (κ2) is 7.21. The third-order valence-corrected chi connectivity index (χ3v) is 5.68. The molecule has 7 heteroatoms. The molecule has 1 aromatic carbocycles. The first kappa shape index (κ1) is 19.2. The molecule has 0 aromatic heterocycles. The Morgan fingerprint density at radius 1 is 1.15 bits per heavy atom. The highest BCUT2D eigenvalue weighted by Gasteiger charge is 2.54. The van der Waals surface area contributed by atoms with Gasteiger partial charge in [-0.25, -0.2) is 0 Å². The van der Waals surface area contributed by atoms with E-state index in [-0.39, 0.29) is 12.2 Å². The Balaban J connectivity index is 1.95. The fourth-order valence-electron chi connectivity index (χ4n) is 3.49. The Hall–Kier alpha value is -1.57. The van der Waals surface area contributed by atoms with Crippen molar-refractivity contribution in [1.82, 2.24) is 0 Å². The van der Waals surface area contributed by atoms with Gasteiger partial charge in [-0.2, -0.15) is 0 Å². The van der Waals surface area contributed by atoms with Gasteiger partial charge in [0.05, 0.1) is 30.8 Å². The largest absolute Gasteiger partial charge is 0.481 e. The van der Waals surface area contributed by atoms with Crippen LogP contribution in [-0.2, 0) is 18.8 Å². The van der Waals surface area contributed by atoms with Crippen LogP contribution in [0.2, 0.25) is 0 Å². The molecule has 2 aliphatic heterocycles. The van der Waals surface area contributed by atoms with Crippen LogP contribution in [0, 0.1) is 0 Å². The molecule has 0 saturated carbocycles. The topological polar surface area (TPSA) is 68.2 Å². The van der Waals surface area contributed by atoms with Gasteiger partial charge in [-0.15, -0.1) is 0 Å².